The number of hydrogen-bond donors (Lipinski definition) is 2. The third kappa shape index (κ3) is 6.81. The Morgan fingerprint density at radius 1 is 1.07 bits per heavy atom. The fourth-order valence-electron chi connectivity index (χ4n) is 3.05. The number of β-amino-alcohol motifs (C(OH)–C–C–N with tert-alkyl or cyclic N) is 1. The minimum absolute atomic E-state index is 0.223. The van der Waals surface area contributed by atoms with Crippen molar-refractivity contribution >= 4 is 11.8 Å². The van der Waals surface area contributed by atoms with E-state index in [0.29, 0.717) is 26.2 Å². The topological polar surface area (TPSA) is 44.7 Å². The lowest BCUT2D eigenvalue weighted by Crippen LogP contribution is -2.40. The van der Waals surface area contributed by atoms with Gasteiger partial charge in [-0.15, -0.1) is 0 Å². The van der Waals surface area contributed by atoms with Gasteiger partial charge in [0.15, 0.2) is 0 Å². The molecule has 2 aromatic rings. The number of benzene rings is 2. The zero-order valence-electron chi connectivity index (χ0n) is 15.4. The van der Waals surface area contributed by atoms with Crippen molar-refractivity contribution in [1.82, 2.24) is 10.2 Å². The van der Waals surface area contributed by atoms with E-state index in [9.17, 15) is 9.50 Å². The fraction of sp³-hybridized carbons (Fsp3) is 0.429. The Morgan fingerprint density at radius 2 is 1.81 bits per heavy atom. The minimum atomic E-state index is -0.492. The number of hydrogen-bond acceptors (Lipinski definition) is 5. The summed E-state index contributed by atoms with van der Waals surface area (Å²) in [5, 5.41) is 13.6. The summed E-state index contributed by atoms with van der Waals surface area (Å²) in [6, 6.07) is 14.4. The van der Waals surface area contributed by atoms with Gasteiger partial charge in [-0.2, -0.15) is 11.8 Å². The molecule has 4 nitrogen and oxygen atoms in total. The number of nitrogens with zero attached hydrogens (tertiary/aromatic N) is 1. The summed E-state index contributed by atoms with van der Waals surface area (Å²) in [5.74, 6) is 2.84. The summed E-state index contributed by atoms with van der Waals surface area (Å²) in [6.07, 6.45) is -0.492. The van der Waals surface area contributed by atoms with Gasteiger partial charge in [-0.3, -0.25) is 4.90 Å². The van der Waals surface area contributed by atoms with E-state index in [1.165, 1.54) is 12.1 Å². The molecule has 146 valence electrons. The standard InChI is InChI=1S/C21H27FN2O2S/c22-19-7-5-17(6-8-19)13-23-14-18-3-1-2-4-21(18)26-16-20(25)15-24-9-11-27-12-10-24/h1-8,20,23,25H,9-16H2. The molecule has 3 rings (SSSR count). The van der Waals surface area contributed by atoms with E-state index >= 15 is 0 Å². The van der Waals surface area contributed by atoms with Crippen molar-refractivity contribution < 1.29 is 14.2 Å². The fourth-order valence-corrected chi connectivity index (χ4v) is 4.03. The smallest absolute Gasteiger partial charge is 0.123 e. The van der Waals surface area contributed by atoms with Crippen molar-refractivity contribution in [2.75, 3.05) is 37.7 Å². The van der Waals surface area contributed by atoms with E-state index < -0.39 is 6.10 Å². The highest BCUT2D eigenvalue weighted by Gasteiger charge is 2.15. The van der Waals surface area contributed by atoms with Gasteiger partial charge in [0.2, 0.25) is 0 Å². The van der Waals surface area contributed by atoms with Crippen LogP contribution in [0.4, 0.5) is 4.39 Å². The highest BCUT2D eigenvalue weighted by Crippen LogP contribution is 2.18. The summed E-state index contributed by atoms with van der Waals surface area (Å²) in [6.45, 7) is 4.32. The molecule has 0 aromatic heterocycles. The zero-order chi connectivity index (χ0) is 18.9. The minimum Gasteiger partial charge on any atom is -0.491 e. The lowest BCUT2D eigenvalue weighted by atomic mass is 10.2. The van der Waals surface area contributed by atoms with Gasteiger partial charge in [0.05, 0.1) is 0 Å². The van der Waals surface area contributed by atoms with E-state index in [4.69, 9.17) is 4.74 Å². The first kappa shape index (κ1) is 20.1. The van der Waals surface area contributed by atoms with Crippen molar-refractivity contribution in [3.63, 3.8) is 0 Å². The Labute approximate surface area is 164 Å². The maximum absolute atomic E-state index is 13.0. The lowest BCUT2D eigenvalue weighted by Gasteiger charge is -2.28. The molecule has 6 heteroatoms. The number of aliphatic hydroxyl groups excluding tert-OH is 1. The molecule has 1 aliphatic heterocycles. The first-order valence-electron chi connectivity index (χ1n) is 9.35. The number of aliphatic hydroxyl groups is 1. The van der Waals surface area contributed by atoms with Crippen LogP contribution in [-0.2, 0) is 13.1 Å². The second kappa shape index (κ2) is 10.7. The van der Waals surface area contributed by atoms with Gasteiger partial charge in [0.25, 0.3) is 0 Å². The first-order valence-corrected chi connectivity index (χ1v) is 10.5. The van der Waals surface area contributed by atoms with Crippen LogP contribution in [0.2, 0.25) is 0 Å². The quantitative estimate of drug-likeness (QED) is 0.689. The Morgan fingerprint density at radius 3 is 2.59 bits per heavy atom. The molecule has 0 spiro atoms. The normalized spacial score (nSPS) is 16.2. The lowest BCUT2D eigenvalue weighted by molar-refractivity contribution is 0.0711. The predicted molar refractivity (Wildman–Crippen MR) is 109 cm³/mol. The molecule has 1 heterocycles. The van der Waals surface area contributed by atoms with Gasteiger partial charge in [0.1, 0.15) is 24.3 Å². The summed E-state index contributed by atoms with van der Waals surface area (Å²) in [7, 11) is 0. The van der Waals surface area contributed by atoms with Gasteiger partial charge in [0, 0.05) is 49.8 Å². The van der Waals surface area contributed by atoms with Crippen LogP contribution in [0, 0.1) is 5.82 Å². The van der Waals surface area contributed by atoms with Crippen LogP contribution in [0.25, 0.3) is 0 Å². The molecule has 2 N–H and O–H groups in total. The average molecular weight is 391 g/mol. The van der Waals surface area contributed by atoms with Crippen molar-refractivity contribution in [1.29, 1.82) is 0 Å². The van der Waals surface area contributed by atoms with Gasteiger partial charge < -0.3 is 15.2 Å². The molecule has 27 heavy (non-hydrogen) atoms. The number of rotatable bonds is 9. The number of para-hydroxylation sites is 1. The second-order valence-electron chi connectivity index (χ2n) is 6.72. The molecule has 1 fully saturated rings. The van der Waals surface area contributed by atoms with E-state index in [-0.39, 0.29) is 5.82 Å². The van der Waals surface area contributed by atoms with Crippen LogP contribution in [0.1, 0.15) is 11.1 Å². The van der Waals surface area contributed by atoms with Crippen LogP contribution < -0.4 is 10.1 Å². The van der Waals surface area contributed by atoms with E-state index in [2.05, 4.69) is 10.2 Å². The summed E-state index contributed by atoms with van der Waals surface area (Å²) < 4.78 is 18.9. The van der Waals surface area contributed by atoms with Crippen LogP contribution in [0.3, 0.4) is 0 Å². The number of thioether (sulfide) groups is 1. The Kier molecular flexibility index (Phi) is 7.95. The molecular formula is C21H27FN2O2S. The molecule has 1 unspecified atom stereocenters. The van der Waals surface area contributed by atoms with Gasteiger partial charge >= 0.3 is 0 Å². The van der Waals surface area contributed by atoms with E-state index in [1.54, 1.807) is 12.1 Å². The van der Waals surface area contributed by atoms with Gasteiger partial charge in [-0.05, 0) is 23.8 Å². The van der Waals surface area contributed by atoms with Crippen molar-refractivity contribution in [3.8, 4) is 5.75 Å². The summed E-state index contributed by atoms with van der Waals surface area (Å²) in [4.78, 5) is 2.29. The first-order chi connectivity index (χ1) is 13.2. The van der Waals surface area contributed by atoms with Crippen molar-refractivity contribution in [3.05, 3.63) is 65.5 Å². The monoisotopic (exact) mass is 390 g/mol. The van der Waals surface area contributed by atoms with Crippen molar-refractivity contribution in [2.45, 2.75) is 19.2 Å². The summed E-state index contributed by atoms with van der Waals surface area (Å²) in [5.41, 5.74) is 2.08. The van der Waals surface area contributed by atoms with Gasteiger partial charge in [-0.1, -0.05) is 30.3 Å². The molecule has 0 bridgehead atoms. The Hall–Kier alpha value is -1.60. The molecule has 1 aliphatic rings. The van der Waals surface area contributed by atoms with E-state index in [0.717, 1.165) is 41.5 Å². The molecule has 0 aliphatic carbocycles. The van der Waals surface area contributed by atoms with Crippen LogP contribution in [0.15, 0.2) is 48.5 Å². The van der Waals surface area contributed by atoms with Crippen LogP contribution >= 0.6 is 11.8 Å². The molecule has 0 amide bonds. The third-order valence-corrected chi connectivity index (χ3v) is 5.48. The highest BCUT2D eigenvalue weighted by atomic mass is 32.2. The zero-order valence-corrected chi connectivity index (χ0v) is 16.3. The second-order valence-corrected chi connectivity index (χ2v) is 7.94. The molecule has 1 atom stereocenters. The largest absolute Gasteiger partial charge is 0.491 e. The molecule has 1 saturated heterocycles. The number of nitrogens with one attached hydrogen (secondary N) is 1. The van der Waals surface area contributed by atoms with Gasteiger partial charge in [-0.25, -0.2) is 4.39 Å². The van der Waals surface area contributed by atoms with Crippen LogP contribution in [-0.4, -0.2) is 53.9 Å². The van der Waals surface area contributed by atoms with E-state index in [1.807, 2.05) is 36.0 Å². The highest BCUT2D eigenvalue weighted by molar-refractivity contribution is 7.99. The molecule has 2 aromatic carbocycles. The summed E-state index contributed by atoms with van der Waals surface area (Å²) >= 11 is 1.96. The number of halogens is 1. The maximum atomic E-state index is 13.0. The maximum Gasteiger partial charge on any atom is 0.123 e. The molecule has 0 saturated carbocycles. The molecule has 0 radical (unpaired) electrons. The third-order valence-electron chi connectivity index (χ3n) is 4.53. The van der Waals surface area contributed by atoms with Crippen molar-refractivity contribution in [2.24, 2.45) is 0 Å². The van der Waals surface area contributed by atoms with Crippen LogP contribution in [0.5, 0.6) is 5.75 Å². The average Bonchev–Trinajstić information content (AvgIpc) is 2.69. The predicted octanol–water partition coefficient (Wildman–Crippen LogP) is 2.90. The SMILES string of the molecule is OC(COc1ccccc1CNCc1ccc(F)cc1)CN1CCSCC1. The Bertz CT molecular complexity index is 693. The Balaban J connectivity index is 1.45. The molecular weight excluding hydrogens is 363 g/mol. The number of ether oxygens (including phenoxy) is 1.